The molecule has 0 atom stereocenters. The number of amides is 4. The van der Waals surface area contributed by atoms with Crippen LogP contribution < -0.4 is 0 Å². The molecule has 1 aromatic carbocycles. The summed E-state index contributed by atoms with van der Waals surface area (Å²) < 4.78 is 5.59. The Morgan fingerprint density at radius 3 is 2.26 bits per heavy atom. The number of imide groups is 2. The number of rotatable bonds is 3. The van der Waals surface area contributed by atoms with Crippen LogP contribution in [0, 0.1) is 10.1 Å². The van der Waals surface area contributed by atoms with Gasteiger partial charge in [0.15, 0.2) is 0 Å². The molecular formula is C17H12ClN3O6. The van der Waals surface area contributed by atoms with Crippen molar-refractivity contribution in [2.75, 3.05) is 14.1 Å². The van der Waals surface area contributed by atoms with Crippen LogP contribution in [0.2, 0.25) is 5.02 Å². The number of likely N-dealkylation sites (N-methyl/N-ethyl adjacent to an activating group) is 2. The van der Waals surface area contributed by atoms with Gasteiger partial charge in [-0.25, -0.2) is 4.79 Å². The molecule has 138 valence electrons. The lowest BCUT2D eigenvalue weighted by molar-refractivity contribution is -0.384. The number of nitro groups is 1. The fourth-order valence-corrected chi connectivity index (χ4v) is 2.78. The molecular weight excluding hydrogens is 378 g/mol. The standard InChI is InChI=1S/C17H12ClN3O6/c1-19-15(22)12(16(23)20(2)17(19)24)8-10-4-6-14(27-10)11-5-3-9(21(25)26)7-13(11)18/h3-8H,1-2H3. The van der Waals surface area contributed by atoms with E-state index in [1.54, 1.807) is 6.07 Å². The SMILES string of the molecule is CN1C(=O)C(=Cc2ccc(-c3ccc([N+](=O)[O-])cc3Cl)o2)C(=O)N(C)C1=O. The third kappa shape index (κ3) is 3.20. The molecule has 1 saturated heterocycles. The molecule has 9 nitrogen and oxygen atoms in total. The Balaban J connectivity index is 1.96. The number of carbonyl (C=O) groups excluding carboxylic acids is 3. The maximum absolute atomic E-state index is 12.2. The minimum absolute atomic E-state index is 0.118. The smallest absolute Gasteiger partial charge is 0.333 e. The fraction of sp³-hybridized carbons (Fsp3) is 0.118. The van der Waals surface area contributed by atoms with Crippen LogP contribution in [-0.4, -0.2) is 46.7 Å². The molecule has 0 N–H and O–H groups in total. The van der Waals surface area contributed by atoms with E-state index in [9.17, 15) is 24.5 Å². The van der Waals surface area contributed by atoms with E-state index >= 15 is 0 Å². The number of barbiturate groups is 1. The third-order valence-corrected chi connectivity index (χ3v) is 4.30. The molecule has 0 spiro atoms. The number of halogens is 1. The number of benzene rings is 1. The van der Waals surface area contributed by atoms with Crippen LogP contribution in [0.3, 0.4) is 0 Å². The zero-order chi connectivity index (χ0) is 19.9. The van der Waals surface area contributed by atoms with Gasteiger partial charge >= 0.3 is 6.03 Å². The van der Waals surface area contributed by atoms with Gasteiger partial charge in [-0.2, -0.15) is 0 Å². The van der Waals surface area contributed by atoms with E-state index in [4.69, 9.17) is 16.0 Å². The van der Waals surface area contributed by atoms with Crippen LogP contribution in [0.1, 0.15) is 5.76 Å². The Labute approximate surface area is 157 Å². The molecule has 3 rings (SSSR count). The van der Waals surface area contributed by atoms with Crippen LogP contribution >= 0.6 is 11.6 Å². The average Bonchev–Trinajstić information content (AvgIpc) is 3.10. The van der Waals surface area contributed by atoms with Gasteiger partial charge in [0.25, 0.3) is 17.5 Å². The maximum atomic E-state index is 12.2. The highest BCUT2D eigenvalue weighted by molar-refractivity contribution is 6.33. The zero-order valence-electron chi connectivity index (χ0n) is 14.1. The second-order valence-electron chi connectivity index (χ2n) is 5.69. The molecule has 1 aromatic heterocycles. The van der Waals surface area contributed by atoms with Crippen LogP contribution in [0.4, 0.5) is 10.5 Å². The lowest BCUT2D eigenvalue weighted by Gasteiger charge is -2.28. The van der Waals surface area contributed by atoms with Crippen molar-refractivity contribution in [3.05, 3.63) is 56.8 Å². The summed E-state index contributed by atoms with van der Waals surface area (Å²) in [6, 6.07) is 6.26. The first-order valence-corrected chi connectivity index (χ1v) is 7.94. The van der Waals surface area contributed by atoms with Gasteiger partial charge in [-0.15, -0.1) is 0 Å². The molecule has 1 fully saturated rings. The van der Waals surface area contributed by atoms with E-state index in [0.717, 1.165) is 9.80 Å². The number of hydrogen-bond acceptors (Lipinski definition) is 6. The highest BCUT2D eigenvalue weighted by Crippen LogP contribution is 2.33. The topological polar surface area (TPSA) is 114 Å². The van der Waals surface area contributed by atoms with E-state index in [1.165, 1.54) is 44.4 Å². The summed E-state index contributed by atoms with van der Waals surface area (Å²) in [6.45, 7) is 0. The normalized spacial score (nSPS) is 14.8. The minimum atomic E-state index is -0.741. The molecule has 0 saturated carbocycles. The number of hydrogen-bond donors (Lipinski definition) is 0. The Hall–Kier alpha value is -3.46. The summed E-state index contributed by atoms with van der Waals surface area (Å²) in [7, 11) is 2.54. The first-order valence-electron chi connectivity index (χ1n) is 7.56. The molecule has 4 amide bonds. The van der Waals surface area contributed by atoms with Crippen molar-refractivity contribution in [2.45, 2.75) is 0 Å². The molecule has 27 heavy (non-hydrogen) atoms. The number of nitro benzene ring substituents is 1. The summed E-state index contributed by atoms with van der Waals surface area (Å²) >= 11 is 6.07. The Bertz CT molecular complexity index is 999. The van der Waals surface area contributed by atoms with Gasteiger partial charge in [0, 0.05) is 31.8 Å². The predicted molar refractivity (Wildman–Crippen MR) is 94.7 cm³/mol. The molecule has 2 heterocycles. The van der Waals surface area contributed by atoms with Crippen LogP contribution in [0.15, 0.2) is 40.3 Å². The number of urea groups is 1. The van der Waals surface area contributed by atoms with Crippen molar-refractivity contribution >= 4 is 41.2 Å². The number of furan rings is 1. The number of nitrogens with zero attached hydrogens (tertiary/aromatic N) is 3. The van der Waals surface area contributed by atoms with Crippen molar-refractivity contribution in [1.82, 2.24) is 9.80 Å². The van der Waals surface area contributed by atoms with E-state index < -0.39 is 22.8 Å². The lowest BCUT2D eigenvalue weighted by Crippen LogP contribution is -2.52. The van der Waals surface area contributed by atoms with Gasteiger partial charge in [0.05, 0.1) is 9.95 Å². The van der Waals surface area contributed by atoms with Crippen molar-refractivity contribution < 1.29 is 23.7 Å². The molecule has 1 aliphatic heterocycles. The highest BCUT2D eigenvalue weighted by Gasteiger charge is 2.38. The Kier molecular flexibility index (Phi) is 4.54. The maximum Gasteiger partial charge on any atom is 0.333 e. The van der Waals surface area contributed by atoms with Gasteiger partial charge in [0.2, 0.25) is 0 Å². The van der Waals surface area contributed by atoms with Crippen molar-refractivity contribution in [1.29, 1.82) is 0 Å². The van der Waals surface area contributed by atoms with Gasteiger partial charge in [-0.3, -0.25) is 29.5 Å². The highest BCUT2D eigenvalue weighted by atomic mass is 35.5. The minimum Gasteiger partial charge on any atom is -0.457 e. The van der Waals surface area contributed by atoms with Crippen LogP contribution in [-0.2, 0) is 9.59 Å². The monoisotopic (exact) mass is 389 g/mol. The Morgan fingerprint density at radius 1 is 1.07 bits per heavy atom. The van der Waals surface area contributed by atoms with Crippen LogP contribution in [0.25, 0.3) is 17.4 Å². The molecule has 0 aliphatic carbocycles. The third-order valence-electron chi connectivity index (χ3n) is 3.99. The first-order chi connectivity index (χ1) is 12.7. The molecule has 1 aliphatic rings. The van der Waals surface area contributed by atoms with E-state index in [2.05, 4.69) is 0 Å². The summed E-state index contributed by atoms with van der Waals surface area (Å²) in [5.74, 6) is -0.994. The van der Waals surface area contributed by atoms with E-state index in [-0.39, 0.29) is 22.0 Å². The second kappa shape index (κ2) is 6.69. The average molecular weight is 390 g/mol. The molecule has 2 aromatic rings. The fourth-order valence-electron chi connectivity index (χ4n) is 2.51. The largest absolute Gasteiger partial charge is 0.457 e. The zero-order valence-corrected chi connectivity index (χ0v) is 14.9. The van der Waals surface area contributed by atoms with Gasteiger partial charge in [0.1, 0.15) is 17.1 Å². The quantitative estimate of drug-likeness (QED) is 0.345. The second-order valence-corrected chi connectivity index (χ2v) is 6.10. The van der Waals surface area contributed by atoms with E-state index in [1.807, 2.05) is 0 Å². The molecule has 0 radical (unpaired) electrons. The predicted octanol–water partition coefficient (Wildman–Crippen LogP) is 2.94. The van der Waals surface area contributed by atoms with E-state index in [0.29, 0.717) is 11.3 Å². The number of carbonyl (C=O) groups is 3. The summed E-state index contributed by atoms with van der Waals surface area (Å²) in [5.41, 5.74) is 0.0275. The molecule has 0 unspecified atom stereocenters. The lowest BCUT2D eigenvalue weighted by atomic mass is 10.1. The van der Waals surface area contributed by atoms with Crippen molar-refractivity contribution in [3.63, 3.8) is 0 Å². The number of non-ortho nitro benzene ring substituents is 1. The summed E-state index contributed by atoms with van der Waals surface area (Å²) in [6.07, 6.45) is 1.23. The van der Waals surface area contributed by atoms with Crippen LogP contribution in [0.5, 0.6) is 0 Å². The molecule has 0 bridgehead atoms. The van der Waals surface area contributed by atoms with Gasteiger partial charge in [-0.05, 0) is 24.3 Å². The van der Waals surface area contributed by atoms with Crippen molar-refractivity contribution in [3.8, 4) is 11.3 Å². The van der Waals surface area contributed by atoms with Crippen molar-refractivity contribution in [2.24, 2.45) is 0 Å². The first kappa shape index (κ1) is 18.3. The van der Waals surface area contributed by atoms with Gasteiger partial charge < -0.3 is 4.42 Å². The Morgan fingerprint density at radius 2 is 1.70 bits per heavy atom. The summed E-state index contributed by atoms with van der Waals surface area (Å²) in [4.78, 5) is 48.0. The van der Waals surface area contributed by atoms with Gasteiger partial charge in [-0.1, -0.05) is 11.6 Å². The summed E-state index contributed by atoms with van der Waals surface area (Å²) in [5, 5.41) is 10.9. The molecule has 10 heteroatoms.